The number of nitriles is 1. The Kier molecular flexibility index (Phi) is 6.60. The Labute approximate surface area is 219 Å². The lowest BCUT2D eigenvalue weighted by atomic mass is 9.95. The molecule has 0 radical (unpaired) electrons. The Balaban J connectivity index is 1.34. The monoisotopic (exact) mass is 496 g/mol. The van der Waals surface area contributed by atoms with E-state index < -0.39 is 0 Å². The second-order valence-electron chi connectivity index (χ2n) is 11.0. The summed E-state index contributed by atoms with van der Waals surface area (Å²) >= 11 is 0. The van der Waals surface area contributed by atoms with E-state index in [4.69, 9.17) is 14.7 Å². The molecule has 0 bridgehead atoms. The molecule has 0 saturated carbocycles. The van der Waals surface area contributed by atoms with Gasteiger partial charge >= 0.3 is 6.01 Å². The van der Waals surface area contributed by atoms with E-state index in [1.165, 1.54) is 34.0 Å². The van der Waals surface area contributed by atoms with Gasteiger partial charge < -0.3 is 19.4 Å². The molecule has 7 heteroatoms. The van der Waals surface area contributed by atoms with Crippen LogP contribution in [0.4, 0.5) is 11.5 Å². The highest BCUT2D eigenvalue weighted by molar-refractivity contribution is 5.97. The largest absolute Gasteiger partial charge is 0.462 e. The van der Waals surface area contributed by atoms with E-state index in [0.717, 1.165) is 63.5 Å². The second kappa shape index (κ2) is 10.2. The summed E-state index contributed by atoms with van der Waals surface area (Å²) < 4.78 is 6.26. The number of likely N-dealkylation sites (tertiary alicyclic amines) is 1. The number of hydrogen-bond acceptors (Lipinski definition) is 7. The normalized spacial score (nSPS) is 21.9. The minimum Gasteiger partial charge on any atom is -0.462 e. The van der Waals surface area contributed by atoms with E-state index in [1.54, 1.807) is 0 Å². The number of anilines is 2. The topological polar surface area (TPSA) is 68.5 Å². The Morgan fingerprint density at radius 3 is 2.68 bits per heavy atom. The maximum Gasteiger partial charge on any atom is 0.318 e. The van der Waals surface area contributed by atoms with E-state index in [0.29, 0.717) is 31.0 Å². The van der Waals surface area contributed by atoms with Crippen molar-refractivity contribution in [1.29, 1.82) is 5.26 Å². The number of likely N-dealkylation sites (N-methyl/N-ethyl adjacent to an activating group) is 1. The van der Waals surface area contributed by atoms with Crippen molar-refractivity contribution in [1.82, 2.24) is 14.9 Å². The van der Waals surface area contributed by atoms with Crippen molar-refractivity contribution in [3.63, 3.8) is 0 Å². The molecule has 0 spiro atoms. The third-order valence-corrected chi connectivity index (χ3v) is 8.45. The molecular formula is C30H36N6O. The molecule has 2 fully saturated rings. The molecule has 2 saturated heterocycles. The standard InChI is InChI=1S/C30H36N6O/c1-21-7-3-9-23-10-4-12-27(28(21)23)36-18-25-26(19-36)32-30(37-20-24-11-6-15-34(24)2)33-29(25)35-16-5-8-22(17-35)13-14-31/h3-4,7,9-10,12,22,24H,5-6,8,11,13,15-20H2,1-2H3/t22-,24-/m0/s1. The minimum absolute atomic E-state index is 0.388. The molecule has 4 heterocycles. The third kappa shape index (κ3) is 4.71. The Morgan fingerprint density at radius 1 is 1.03 bits per heavy atom. The van der Waals surface area contributed by atoms with Crippen LogP contribution in [0.3, 0.4) is 0 Å². The smallest absolute Gasteiger partial charge is 0.318 e. The van der Waals surface area contributed by atoms with Crippen LogP contribution in [-0.4, -0.2) is 54.2 Å². The molecule has 2 aromatic carbocycles. The Hall–Kier alpha value is -3.37. The molecule has 37 heavy (non-hydrogen) atoms. The van der Waals surface area contributed by atoms with Gasteiger partial charge in [-0.2, -0.15) is 15.2 Å². The highest BCUT2D eigenvalue weighted by Gasteiger charge is 2.32. The molecular weight excluding hydrogens is 460 g/mol. The van der Waals surface area contributed by atoms with Crippen molar-refractivity contribution in [3.05, 3.63) is 53.2 Å². The van der Waals surface area contributed by atoms with Gasteiger partial charge in [0.15, 0.2) is 0 Å². The summed E-state index contributed by atoms with van der Waals surface area (Å²) in [6.45, 7) is 7.29. The van der Waals surface area contributed by atoms with Gasteiger partial charge in [-0.1, -0.05) is 30.3 Å². The molecule has 0 amide bonds. The molecule has 1 aromatic heterocycles. The van der Waals surface area contributed by atoms with Crippen molar-refractivity contribution >= 4 is 22.3 Å². The lowest BCUT2D eigenvalue weighted by molar-refractivity contribution is 0.187. The molecule has 3 aliphatic rings. The van der Waals surface area contributed by atoms with E-state index in [2.05, 4.69) is 71.1 Å². The van der Waals surface area contributed by atoms with Gasteiger partial charge in [0.2, 0.25) is 0 Å². The van der Waals surface area contributed by atoms with Gasteiger partial charge in [0, 0.05) is 48.7 Å². The number of piperidine rings is 1. The van der Waals surface area contributed by atoms with Gasteiger partial charge in [0.25, 0.3) is 0 Å². The van der Waals surface area contributed by atoms with Crippen molar-refractivity contribution in [2.75, 3.05) is 43.1 Å². The minimum atomic E-state index is 0.388. The van der Waals surface area contributed by atoms with Crippen LogP contribution in [0.1, 0.15) is 48.9 Å². The average molecular weight is 497 g/mol. The highest BCUT2D eigenvalue weighted by Crippen LogP contribution is 2.39. The van der Waals surface area contributed by atoms with E-state index >= 15 is 0 Å². The van der Waals surface area contributed by atoms with Crippen LogP contribution in [0.2, 0.25) is 0 Å². The second-order valence-corrected chi connectivity index (χ2v) is 11.0. The fourth-order valence-electron chi connectivity index (χ4n) is 6.39. The molecule has 192 valence electrons. The van der Waals surface area contributed by atoms with Crippen LogP contribution >= 0.6 is 0 Å². The van der Waals surface area contributed by atoms with Gasteiger partial charge in [0.05, 0.1) is 18.3 Å². The van der Waals surface area contributed by atoms with E-state index in [9.17, 15) is 5.26 Å². The summed E-state index contributed by atoms with van der Waals surface area (Å²) in [6.07, 6.45) is 5.16. The summed E-state index contributed by atoms with van der Waals surface area (Å²) in [4.78, 5) is 17.2. The summed E-state index contributed by atoms with van der Waals surface area (Å²) in [5.41, 5.74) is 4.80. The van der Waals surface area contributed by atoms with Gasteiger partial charge in [-0.05, 0) is 69.1 Å². The number of aryl methyl sites for hydroxylation is 1. The van der Waals surface area contributed by atoms with Crippen LogP contribution in [-0.2, 0) is 13.1 Å². The maximum absolute atomic E-state index is 9.31. The number of hydrogen-bond donors (Lipinski definition) is 0. The number of fused-ring (bicyclic) bond motifs is 2. The average Bonchev–Trinajstić information content (AvgIpc) is 3.53. The zero-order valence-electron chi connectivity index (χ0n) is 22.0. The summed E-state index contributed by atoms with van der Waals surface area (Å²) in [6, 6.07) is 16.4. The van der Waals surface area contributed by atoms with Crippen LogP contribution < -0.4 is 14.5 Å². The SMILES string of the molecule is Cc1cccc2cccc(N3Cc4nc(OC[C@@H]5CCCN5C)nc(N5CCC[C@@H](CC#N)C5)c4C3)c12. The Morgan fingerprint density at radius 2 is 1.86 bits per heavy atom. The number of rotatable bonds is 6. The molecule has 3 aromatic rings. The molecule has 6 rings (SSSR count). The van der Waals surface area contributed by atoms with Crippen LogP contribution in [0.25, 0.3) is 10.8 Å². The summed E-state index contributed by atoms with van der Waals surface area (Å²) in [7, 11) is 2.17. The number of aromatic nitrogens is 2. The first-order valence-corrected chi connectivity index (χ1v) is 13.7. The van der Waals surface area contributed by atoms with E-state index in [-0.39, 0.29) is 0 Å². The summed E-state index contributed by atoms with van der Waals surface area (Å²) in [5, 5.41) is 11.9. The summed E-state index contributed by atoms with van der Waals surface area (Å²) in [5.74, 6) is 1.39. The number of benzene rings is 2. The van der Waals surface area contributed by atoms with Crippen LogP contribution in [0.5, 0.6) is 6.01 Å². The molecule has 3 aliphatic heterocycles. The van der Waals surface area contributed by atoms with Crippen molar-refractivity contribution in [2.45, 2.75) is 58.2 Å². The molecule has 7 nitrogen and oxygen atoms in total. The molecule has 0 N–H and O–H groups in total. The zero-order chi connectivity index (χ0) is 25.4. The number of ether oxygens (including phenoxy) is 1. The lowest BCUT2D eigenvalue weighted by Gasteiger charge is -2.33. The fraction of sp³-hybridized carbons (Fsp3) is 0.500. The van der Waals surface area contributed by atoms with E-state index in [1.807, 2.05) is 0 Å². The Bertz CT molecular complexity index is 1330. The van der Waals surface area contributed by atoms with Crippen LogP contribution in [0, 0.1) is 24.2 Å². The first-order chi connectivity index (χ1) is 18.1. The third-order valence-electron chi connectivity index (χ3n) is 8.45. The van der Waals surface area contributed by atoms with Gasteiger partial charge in [-0.15, -0.1) is 0 Å². The van der Waals surface area contributed by atoms with Crippen molar-refractivity contribution < 1.29 is 4.74 Å². The predicted molar refractivity (Wildman–Crippen MR) is 147 cm³/mol. The molecule has 2 atom stereocenters. The van der Waals surface area contributed by atoms with Gasteiger partial charge in [0.1, 0.15) is 12.4 Å². The highest BCUT2D eigenvalue weighted by atomic mass is 16.5. The zero-order valence-corrected chi connectivity index (χ0v) is 22.0. The first-order valence-electron chi connectivity index (χ1n) is 13.7. The number of nitrogens with zero attached hydrogens (tertiary/aromatic N) is 6. The van der Waals surface area contributed by atoms with Gasteiger partial charge in [-0.25, -0.2) is 0 Å². The molecule has 0 aliphatic carbocycles. The maximum atomic E-state index is 9.31. The van der Waals surface area contributed by atoms with Crippen molar-refractivity contribution in [2.24, 2.45) is 5.92 Å². The predicted octanol–water partition coefficient (Wildman–Crippen LogP) is 5.06. The fourth-order valence-corrected chi connectivity index (χ4v) is 6.39. The molecule has 0 unspecified atom stereocenters. The van der Waals surface area contributed by atoms with Crippen LogP contribution in [0.15, 0.2) is 36.4 Å². The van der Waals surface area contributed by atoms with Crippen molar-refractivity contribution in [3.8, 4) is 12.1 Å². The first kappa shape index (κ1) is 24.0. The van der Waals surface area contributed by atoms with Gasteiger partial charge in [-0.3, -0.25) is 0 Å². The quantitative estimate of drug-likeness (QED) is 0.472. The lowest BCUT2D eigenvalue weighted by Crippen LogP contribution is -2.37.